The predicted octanol–water partition coefficient (Wildman–Crippen LogP) is 10.1. The van der Waals surface area contributed by atoms with Gasteiger partial charge in [0.1, 0.15) is 6.61 Å². The fourth-order valence-electron chi connectivity index (χ4n) is 5.66. The number of phosphoric ester groups is 1. The summed E-state index contributed by atoms with van der Waals surface area (Å²) in [5.41, 5.74) is 0. The van der Waals surface area contributed by atoms with E-state index in [9.17, 15) is 19.0 Å². The van der Waals surface area contributed by atoms with E-state index in [0.29, 0.717) is 13.0 Å². The largest absolute Gasteiger partial charge is 0.756 e. The Kier molecular flexibility index (Phi) is 35.1. The zero-order valence-corrected chi connectivity index (χ0v) is 32.3. The number of ether oxygens (including phenoxy) is 2. The summed E-state index contributed by atoms with van der Waals surface area (Å²) >= 11 is 0. The molecule has 0 aromatic heterocycles. The van der Waals surface area contributed by atoms with Gasteiger partial charge >= 0.3 is 11.9 Å². The molecule has 0 spiro atoms. The van der Waals surface area contributed by atoms with Crippen molar-refractivity contribution in [3.63, 3.8) is 0 Å². The van der Waals surface area contributed by atoms with Crippen molar-refractivity contribution in [2.45, 2.75) is 200 Å². The third-order valence-corrected chi connectivity index (χ3v) is 9.68. The Balaban J connectivity index is 4.24. The molecule has 0 amide bonds. The number of hydrogen-bond acceptors (Lipinski definition) is 9. The number of phosphoric acid groups is 1. The van der Waals surface area contributed by atoms with Gasteiger partial charge in [0.15, 0.2) is 6.10 Å². The van der Waals surface area contributed by atoms with Crippen molar-refractivity contribution in [1.29, 1.82) is 0 Å². The van der Waals surface area contributed by atoms with Crippen LogP contribution in [0.25, 0.3) is 0 Å². The number of unbranched alkanes of at least 4 members (excludes halogenated alkanes) is 24. The summed E-state index contributed by atoms with van der Waals surface area (Å²) in [5.74, 6) is -0.831. The molecule has 0 aliphatic heterocycles. The molecule has 1 unspecified atom stereocenters. The number of carbonyl (C=O) groups excluding carboxylic acids is 2. The lowest BCUT2D eigenvalue weighted by Gasteiger charge is -2.25. The Morgan fingerprint density at radius 2 is 0.938 bits per heavy atom. The fraction of sp³-hybridized carbons (Fsp3) is 0.947. The van der Waals surface area contributed by atoms with E-state index >= 15 is 0 Å². The summed E-state index contributed by atoms with van der Waals surface area (Å²) < 4.78 is 32.7. The second-order valence-electron chi connectivity index (χ2n) is 13.5. The van der Waals surface area contributed by atoms with E-state index < -0.39 is 26.5 Å². The molecule has 0 saturated heterocycles. The standard InChI is InChI=1S/C38H76NO8P/c1-4-6-8-10-12-14-16-18-20-22-24-26-28-30-37(40)44-34-36(35-46-48(42,43)45-33-32-39-3)47-38(41)31-29-27-25-23-21-19-17-15-13-11-9-7-5-2/h36,39H,4-35H2,1-3H3,(H,42,43)/p-1/t36-/m1/s1. The maximum Gasteiger partial charge on any atom is 0.306 e. The molecule has 1 N–H and O–H groups in total. The minimum atomic E-state index is -4.58. The topological polar surface area (TPSA) is 123 Å². The Morgan fingerprint density at radius 1 is 0.562 bits per heavy atom. The number of likely N-dealkylation sites (N-methyl/N-ethyl adjacent to an activating group) is 1. The Labute approximate surface area is 295 Å². The highest BCUT2D eigenvalue weighted by Crippen LogP contribution is 2.38. The SMILES string of the molecule is CCCCCCCCCCCCCCCC(=O)OC[C@H](COP(=O)([O-])OCCNC)OC(=O)CCCCCCCCCCCCCCC. The van der Waals surface area contributed by atoms with Crippen LogP contribution < -0.4 is 10.2 Å². The van der Waals surface area contributed by atoms with Gasteiger partial charge in [-0.05, 0) is 19.9 Å². The summed E-state index contributed by atoms with van der Waals surface area (Å²) in [7, 11) is -2.90. The first-order valence-corrected chi connectivity index (χ1v) is 21.4. The zero-order chi connectivity index (χ0) is 35.4. The highest BCUT2D eigenvalue weighted by molar-refractivity contribution is 7.45. The first-order valence-electron chi connectivity index (χ1n) is 19.9. The third kappa shape index (κ3) is 34.9. The average Bonchev–Trinajstić information content (AvgIpc) is 3.06. The molecule has 0 bridgehead atoms. The van der Waals surface area contributed by atoms with Crippen LogP contribution in [-0.2, 0) is 32.7 Å². The minimum absolute atomic E-state index is 0.0745. The van der Waals surface area contributed by atoms with Crippen LogP contribution in [0.3, 0.4) is 0 Å². The van der Waals surface area contributed by atoms with Crippen LogP contribution in [0.15, 0.2) is 0 Å². The van der Waals surface area contributed by atoms with Gasteiger partial charge in [0, 0.05) is 19.4 Å². The van der Waals surface area contributed by atoms with E-state index in [-0.39, 0.29) is 32.0 Å². The minimum Gasteiger partial charge on any atom is -0.756 e. The highest BCUT2D eigenvalue weighted by Gasteiger charge is 2.21. The maximum atomic E-state index is 12.5. The van der Waals surface area contributed by atoms with Crippen LogP contribution in [0, 0.1) is 0 Å². The Bertz CT molecular complexity index is 769. The van der Waals surface area contributed by atoms with Crippen molar-refractivity contribution in [2.75, 3.05) is 33.4 Å². The molecule has 286 valence electrons. The molecule has 0 aromatic rings. The molecular weight excluding hydrogens is 629 g/mol. The predicted molar refractivity (Wildman–Crippen MR) is 195 cm³/mol. The lowest BCUT2D eigenvalue weighted by Crippen LogP contribution is -2.30. The Morgan fingerprint density at radius 3 is 1.33 bits per heavy atom. The molecule has 0 heterocycles. The lowest BCUT2D eigenvalue weighted by atomic mass is 10.0. The van der Waals surface area contributed by atoms with Gasteiger partial charge in [0.25, 0.3) is 7.82 Å². The number of rotatable bonds is 38. The monoisotopic (exact) mass is 705 g/mol. The third-order valence-electron chi connectivity index (χ3n) is 8.72. The van der Waals surface area contributed by atoms with E-state index in [2.05, 4.69) is 19.2 Å². The van der Waals surface area contributed by atoms with Crippen molar-refractivity contribution < 1.29 is 37.6 Å². The first kappa shape index (κ1) is 47.0. The van der Waals surface area contributed by atoms with Gasteiger partial charge in [-0.15, -0.1) is 0 Å². The van der Waals surface area contributed by atoms with E-state index in [1.54, 1.807) is 7.05 Å². The smallest absolute Gasteiger partial charge is 0.306 e. The molecule has 10 heteroatoms. The van der Waals surface area contributed by atoms with Crippen LogP contribution in [-0.4, -0.2) is 51.5 Å². The molecule has 0 fully saturated rings. The van der Waals surface area contributed by atoms with E-state index in [1.165, 1.54) is 128 Å². The summed E-state index contributed by atoms with van der Waals surface area (Å²) in [6.45, 7) is 4.04. The molecule has 48 heavy (non-hydrogen) atoms. The molecule has 0 aliphatic rings. The van der Waals surface area contributed by atoms with Crippen molar-refractivity contribution in [3.05, 3.63) is 0 Å². The average molecular weight is 705 g/mol. The molecule has 9 nitrogen and oxygen atoms in total. The molecule has 0 aromatic carbocycles. The van der Waals surface area contributed by atoms with Crippen LogP contribution in [0.1, 0.15) is 194 Å². The molecule has 0 rings (SSSR count). The Hall–Kier alpha value is -0.990. The van der Waals surface area contributed by atoms with Crippen LogP contribution in [0.5, 0.6) is 0 Å². The normalized spacial score (nSPS) is 13.3. The quantitative estimate of drug-likeness (QED) is 0.0380. The zero-order valence-electron chi connectivity index (χ0n) is 31.4. The second-order valence-corrected chi connectivity index (χ2v) is 14.9. The van der Waals surface area contributed by atoms with E-state index in [4.69, 9.17) is 18.5 Å². The van der Waals surface area contributed by atoms with Gasteiger partial charge < -0.3 is 28.7 Å². The maximum absolute atomic E-state index is 12.5. The lowest BCUT2D eigenvalue weighted by molar-refractivity contribution is -0.228. The first-order chi connectivity index (χ1) is 23.3. The summed E-state index contributed by atoms with van der Waals surface area (Å²) in [5, 5.41) is 2.79. The number of hydrogen-bond donors (Lipinski definition) is 1. The van der Waals surface area contributed by atoms with Crippen molar-refractivity contribution in [2.24, 2.45) is 0 Å². The molecule has 0 saturated carbocycles. The molecule has 2 atom stereocenters. The fourth-order valence-corrected chi connectivity index (χ4v) is 6.40. The number of esters is 2. The van der Waals surface area contributed by atoms with Crippen LogP contribution >= 0.6 is 7.82 Å². The molecular formula is C38H75NO8P-. The van der Waals surface area contributed by atoms with Gasteiger partial charge in [-0.25, -0.2) is 0 Å². The van der Waals surface area contributed by atoms with Gasteiger partial charge in [0.05, 0.1) is 13.2 Å². The van der Waals surface area contributed by atoms with E-state index in [1.807, 2.05) is 0 Å². The van der Waals surface area contributed by atoms with Gasteiger partial charge in [-0.2, -0.15) is 0 Å². The van der Waals surface area contributed by atoms with Crippen molar-refractivity contribution in [1.82, 2.24) is 5.32 Å². The molecule has 0 aliphatic carbocycles. The van der Waals surface area contributed by atoms with E-state index in [0.717, 1.165) is 32.1 Å². The van der Waals surface area contributed by atoms with Gasteiger partial charge in [-0.1, -0.05) is 168 Å². The second kappa shape index (κ2) is 35.8. The summed E-state index contributed by atoms with van der Waals surface area (Å²) in [4.78, 5) is 37.0. The number of nitrogens with one attached hydrogen (secondary N) is 1. The number of carbonyl (C=O) groups is 2. The van der Waals surface area contributed by atoms with Gasteiger partial charge in [-0.3, -0.25) is 14.2 Å². The van der Waals surface area contributed by atoms with Crippen LogP contribution in [0.2, 0.25) is 0 Å². The van der Waals surface area contributed by atoms with Crippen LogP contribution in [0.4, 0.5) is 0 Å². The van der Waals surface area contributed by atoms with Gasteiger partial charge in [0.2, 0.25) is 0 Å². The highest BCUT2D eigenvalue weighted by atomic mass is 31.2. The molecule has 0 radical (unpaired) electrons. The van der Waals surface area contributed by atoms with Crippen molar-refractivity contribution in [3.8, 4) is 0 Å². The van der Waals surface area contributed by atoms with Crippen molar-refractivity contribution >= 4 is 19.8 Å². The summed E-state index contributed by atoms with van der Waals surface area (Å²) in [6, 6.07) is 0. The summed E-state index contributed by atoms with van der Waals surface area (Å²) in [6.07, 6.45) is 31.2.